The Bertz CT molecular complexity index is 977. The number of nitrogens with zero attached hydrogens (tertiary/aromatic N) is 2. The van der Waals surface area contributed by atoms with Gasteiger partial charge >= 0.3 is 6.18 Å². The summed E-state index contributed by atoms with van der Waals surface area (Å²) in [5.41, 5.74) is 0.892. The number of amides is 1. The maximum atomic E-state index is 12.9. The first kappa shape index (κ1) is 22.1. The lowest BCUT2D eigenvalue weighted by atomic mass is 10.1. The summed E-state index contributed by atoms with van der Waals surface area (Å²) in [6.45, 7) is -0.559. The van der Waals surface area contributed by atoms with Gasteiger partial charge in [0.2, 0.25) is 10.0 Å². The van der Waals surface area contributed by atoms with Crippen molar-refractivity contribution in [1.29, 1.82) is 0 Å². The van der Waals surface area contributed by atoms with Gasteiger partial charge in [-0.2, -0.15) is 22.6 Å². The van der Waals surface area contributed by atoms with Crippen molar-refractivity contribution in [2.75, 3.05) is 13.6 Å². The van der Waals surface area contributed by atoms with E-state index in [1.807, 2.05) is 5.43 Å². The lowest BCUT2D eigenvalue weighted by Crippen LogP contribution is -2.36. The van der Waals surface area contributed by atoms with Crippen LogP contribution in [0.1, 0.15) is 11.1 Å². The fraction of sp³-hybridized carbons (Fsp3) is 0.176. The van der Waals surface area contributed by atoms with Gasteiger partial charge in [0.1, 0.15) is 0 Å². The first-order valence-corrected chi connectivity index (χ1v) is 9.95. The van der Waals surface area contributed by atoms with E-state index in [-0.39, 0.29) is 10.5 Å². The van der Waals surface area contributed by atoms with Gasteiger partial charge in [0.15, 0.2) is 0 Å². The van der Waals surface area contributed by atoms with Crippen LogP contribution in [-0.2, 0) is 21.0 Å². The highest BCUT2D eigenvalue weighted by Crippen LogP contribution is 2.31. The third kappa shape index (κ3) is 5.63. The number of carbonyl (C=O) groups is 1. The summed E-state index contributed by atoms with van der Waals surface area (Å²) >= 11 is 3.20. The SMILES string of the molecule is CN(CC(=O)N/N=C\c1ccccc1C(F)(F)F)S(=O)(=O)c1ccc(Br)cc1. The van der Waals surface area contributed by atoms with E-state index >= 15 is 0 Å². The van der Waals surface area contributed by atoms with E-state index in [0.29, 0.717) is 4.47 Å². The Hall–Kier alpha value is -2.24. The van der Waals surface area contributed by atoms with Gasteiger partial charge in [-0.05, 0) is 30.3 Å². The van der Waals surface area contributed by atoms with Crippen LogP contribution >= 0.6 is 15.9 Å². The van der Waals surface area contributed by atoms with Crippen LogP contribution in [0.5, 0.6) is 0 Å². The largest absolute Gasteiger partial charge is 0.417 e. The Morgan fingerprint density at radius 2 is 1.79 bits per heavy atom. The Morgan fingerprint density at radius 3 is 2.39 bits per heavy atom. The summed E-state index contributed by atoms with van der Waals surface area (Å²) in [5.74, 6) is -0.802. The second kappa shape index (κ2) is 8.84. The smallest absolute Gasteiger partial charge is 0.272 e. The molecule has 0 radical (unpaired) electrons. The Morgan fingerprint density at radius 1 is 1.18 bits per heavy atom. The monoisotopic (exact) mass is 477 g/mol. The van der Waals surface area contributed by atoms with Crippen LogP contribution in [-0.4, -0.2) is 38.4 Å². The molecule has 28 heavy (non-hydrogen) atoms. The molecule has 1 amide bonds. The fourth-order valence-electron chi connectivity index (χ4n) is 2.15. The van der Waals surface area contributed by atoms with Gasteiger partial charge in [-0.15, -0.1) is 0 Å². The summed E-state index contributed by atoms with van der Waals surface area (Å²) in [7, 11) is -2.70. The molecule has 0 heterocycles. The zero-order valence-electron chi connectivity index (χ0n) is 14.4. The number of hydrogen-bond donors (Lipinski definition) is 1. The molecular weight excluding hydrogens is 463 g/mol. The lowest BCUT2D eigenvalue weighted by Gasteiger charge is -2.16. The van der Waals surface area contributed by atoms with Crippen molar-refractivity contribution < 1.29 is 26.4 Å². The van der Waals surface area contributed by atoms with Crippen LogP contribution in [0.3, 0.4) is 0 Å². The molecule has 2 rings (SSSR count). The van der Waals surface area contributed by atoms with Gasteiger partial charge in [-0.1, -0.05) is 34.1 Å². The highest BCUT2D eigenvalue weighted by Gasteiger charge is 2.32. The van der Waals surface area contributed by atoms with Crippen LogP contribution in [0.4, 0.5) is 13.2 Å². The van der Waals surface area contributed by atoms with E-state index in [2.05, 4.69) is 21.0 Å². The first-order valence-electron chi connectivity index (χ1n) is 7.72. The van der Waals surface area contributed by atoms with Crippen molar-refractivity contribution in [3.8, 4) is 0 Å². The maximum Gasteiger partial charge on any atom is 0.417 e. The molecule has 150 valence electrons. The van der Waals surface area contributed by atoms with Crippen molar-refractivity contribution in [2.24, 2.45) is 5.10 Å². The third-order valence-corrected chi connectivity index (χ3v) is 5.89. The molecule has 0 fully saturated rings. The van der Waals surface area contributed by atoms with E-state index in [1.165, 1.54) is 37.4 Å². The van der Waals surface area contributed by atoms with Gasteiger partial charge < -0.3 is 0 Å². The second-order valence-corrected chi connectivity index (χ2v) is 8.55. The van der Waals surface area contributed by atoms with Crippen molar-refractivity contribution in [3.63, 3.8) is 0 Å². The molecule has 11 heteroatoms. The number of likely N-dealkylation sites (N-methyl/N-ethyl adjacent to an activating group) is 1. The number of sulfonamides is 1. The molecule has 0 unspecified atom stereocenters. The molecule has 0 bridgehead atoms. The van der Waals surface area contributed by atoms with Gasteiger partial charge in [-0.3, -0.25) is 4.79 Å². The summed E-state index contributed by atoms with van der Waals surface area (Å²) in [6, 6.07) is 10.6. The zero-order chi connectivity index (χ0) is 20.9. The van der Waals surface area contributed by atoms with Crippen molar-refractivity contribution >= 4 is 38.1 Å². The number of carbonyl (C=O) groups excluding carboxylic acids is 1. The number of rotatable bonds is 6. The van der Waals surface area contributed by atoms with Gasteiger partial charge in [0.25, 0.3) is 5.91 Å². The molecule has 2 aromatic rings. The minimum absolute atomic E-state index is 0.00592. The average Bonchev–Trinajstić information content (AvgIpc) is 2.61. The maximum absolute atomic E-state index is 12.9. The molecule has 1 N–H and O–H groups in total. The first-order chi connectivity index (χ1) is 13.0. The summed E-state index contributed by atoms with van der Waals surface area (Å²) in [5, 5.41) is 3.48. The number of hydrogen-bond acceptors (Lipinski definition) is 4. The van der Waals surface area contributed by atoms with Crippen LogP contribution in [0, 0.1) is 0 Å². The molecule has 6 nitrogen and oxygen atoms in total. The molecule has 0 atom stereocenters. The molecule has 0 saturated carbocycles. The van der Waals surface area contributed by atoms with Gasteiger partial charge in [0.05, 0.1) is 23.2 Å². The van der Waals surface area contributed by atoms with Crippen molar-refractivity contribution in [1.82, 2.24) is 9.73 Å². The van der Waals surface area contributed by atoms with E-state index in [9.17, 15) is 26.4 Å². The molecule has 0 aliphatic rings. The van der Waals surface area contributed by atoms with E-state index < -0.39 is 34.2 Å². The summed E-state index contributed by atoms with van der Waals surface area (Å²) < 4.78 is 65.0. The quantitative estimate of drug-likeness (QED) is 0.512. The minimum Gasteiger partial charge on any atom is -0.272 e. The van der Waals surface area contributed by atoms with E-state index in [4.69, 9.17) is 0 Å². The Balaban J connectivity index is 2.03. The summed E-state index contributed by atoms with van der Waals surface area (Å²) in [4.78, 5) is 11.9. The van der Waals surface area contributed by atoms with Gasteiger partial charge in [-0.25, -0.2) is 13.8 Å². The zero-order valence-corrected chi connectivity index (χ0v) is 16.8. The molecule has 0 aliphatic carbocycles. The number of alkyl halides is 3. The predicted octanol–water partition coefficient (Wildman–Crippen LogP) is 3.24. The predicted molar refractivity (Wildman–Crippen MR) is 101 cm³/mol. The molecule has 2 aromatic carbocycles. The molecule has 0 spiro atoms. The van der Waals surface area contributed by atoms with Crippen LogP contribution in [0.2, 0.25) is 0 Å². The highest BCUT2D eigenvalue weighted by atomic mass is 79.9. The van der Waals surface area contributed by atoms with Crippen LogP contribution in [0.25, 0.3) is 0 Å². The Kier molecular flexibility index (Phi) is 6.96. The van der Waals surface area contributed by atoms with E-state index in [0.717, 1.165) is 16.6 Å². The minimum atomic E-state index is -4.56. The highest BCUT2D eigenvalue weighted by molar-refractivity contribution is 9.10. The fourth-order valence-corrected chi connectivity index (χ4v) is 3.54. The number of halogens is 4. The number of hydrazone groups is 1. The summed E-state index contributed by atoms with van der Waals surface area (Å²) in [6.07, 6.45) is -3.71. The van der Waals surface area contributed by atoms with Crippen molar-refractivity contribution in [3.05, 3.63) is 64.1 Å². The Labute approximate surface area is 168 Å². The topological polar surface area (TPSA) is 78.8 Å². The molecule has 0 aromatic heterocycles. The standard InChI is InChI=1S/C17H15BrF3N3O3S/c1-24(28(26,27)14-8-6-13(18)7-9-14)11-16(25)23-22-10-12-4-2-3-5-15(12)17(19,20)21/h2-10H,11H2,1H3,(H,23,25)/b22-10-. The molecular formula is C17H15BrF3N3O3S. The normalized spacial score (nSPS) is 12.5. The van der Waals surface area contributed by atoms with E-state index in [1.54, 1.807) is 12.1 Å². The van der Waals surface area contributed by atoms with Gasteiger partial charge in [0, 0.05) is 17.1 Å². The number of nitrogens with one attached hydrogen (secondary N) is 1. The lowest BCUT2D eigenvalue weighted by molar-refractivity contribution is -0.137. The molecule has 0 aliphatic heterocycles. The third-order valence-electron chi connectivity index (χ3n) is 3.55. The average molecular weight is 478 g/mol. The van der Waals surface area contributed by atoms with Crippen LogP contribution < -0.4 is 5.43 Å². The molecule has 0 saturated heterocycles. The van der Waals surface area contributed by atoms with Crippen molar-refractivity contribution in [2.45, 2.75) is 11.1 Å². The van der Waals surface area contributed by atoms with Crippen LogP contribution in [0.15, 0.2) is 63.0 Å². The number of benzene rings is 2. The second-order valence-electron chi connectivity index (χ2n) is 5.59.